The van der Waals surface area contributed by atoms with E-state index in [0.717, 1.165) is 40.7 Å². The Morgan fingerprint density at radius 2 is 2.32 bits per heavy atom. The van der Waals surface area contributed by atoms with Crippen molar-refractivity contribution in [2.24, 2.45) is 0 Å². The quantitative estimate of drug-likeness (QED) is 0.552. The lowest BCUT2D eigenvalue weighted by Crippen LogP contribution is -2.12. The second-order valence-electron chi connectivity index (χ2n) is 4.55. The zero-order valence-corrected chi connectivity index (χ0v) is 13.5. The first-order valence-corrected chi connectivity index (χ1v) is 7.74. The van der Waals surface area contributed by atoms with Crippen LogP contribution >= 0.6 is 31.9 Å². The third kappa shape index (κ3) is 2.10. The lowest BCUT2D eigenvalue weighted by molar-refractivity contribution is 0.0601. The minimum atomic E-state index is -0.344. The maximum absolute atomic E-state index is 11.6. The number of fused-ring (bicyclic) bond motifs is 3. The second kappa shape index (κ2) is 4.90. The zero-order chi connectivity index (χ0) is 13.6. The summed E-state index contributed by atoms with van der Waals surface area (Å²) in [4.78, 5) is 16.6. The van der Waals surface area contributed by atoms with Crippen LogP contribution in [0.1, 0.15) is 33.9 Å². The van der Waals surface area contributed by atoms with Gasteiger partial charge in [0.2, 0.25) is 0 Å². The van der Waals surface area contributed by atoms with Crippen molar-refractivity contribution < 1.29 is 9.53 Å². The van der Waals surface area contributed by atoms with Crippen molar-refractivity contribution in [3.63, 3.8) is 0 Å². The summed E-state index contributed by atoms with van der Waals surface area (Å²) in [7, 11) is 1.38. The summed E-state index contributed by atoms with van der Waals surface area (Å²) >= 11 is 7.20. The van der Waals surface area contributed by atoms with E-state index >= 15 is 0 Å². The number of methoxy groups -OCH3 is 1. The molecule has 0 N–H and O–H groups in total. The Bertz CT molecular complexity index is 666. The number of ether oxygens (including phenoxy) is 1. The standard InChI is InChI=1S/C13H12Br2N2O2/c1-19-13(18)7-5-9(15)11-10(6-7)16-12-8(14)3-2-4-17(11)12/h5-6,8H,2-4H2,1H3. The highest BCUT2D eigenvalue weighted by atomic mass is 79.9. The molecular formula is C13H12Br2N2O2. The van der Waals surface area contributed by atoms with Gasteiger partial charge < -0.3 is 9.30 Å². The molecule has 6 heteroatoms. The van der Waals surface area contributed by atoms with Crippen molar-refractivity contribution in [3.8, 4) is 0 Å². The van der Waals surface area contributed by atoms with E-state index in [1.807, 2.05) is 0 Å². The van der Waals surface area contributed by atoms with Gasteiger partial charge in [0.1, 0.15) is 5.82 Å². The summed E-state index contributed by atoms with van der Waals surface area (Å²) in [6, 6.07) is 3.58. The van der Waals surface area contributed by atoms with Crippen LogP contribution in [0, 0.1) is 0 Å². The third-order valence-corrected chi connectivity index (χ3v) is 4.84. The second-order valence-corrected chi connectivity index (χ2v) is 6.51. The molecule has 1 aromatic carbocycles. The first-order chi connectivity index (χ1) is 9.11. The smallest absolute Gasteiger partial charge is 0.337 e. The Morgan fingerprint density at radius 3 is 3.05 bits per heavy atom. The molecule has 1 aliphatic heterocycles. The molecule has 4 nitrogen and oxygen atoms in total. The van der Waals surface area contributed by atoms with Gasteiger partial charge in [-0.1, -0.05) is 15.9 Å². The minimum absolute atomic E-state index is 0.280. The van der Waals surface area contributed by atoms with E-state index < -0.39 is 0 Å². The van der Waals surface area contributed by atoms with Crippen molar-refractivity contribution in [1.29, 1.82) is 0 Å². The number of aromatic nitrogens is 2. The highest BCUT2D eigenvalue weighted by molar-refractivity contribution is 9.10. The van der Waals surface area contributed by atoms with E-state index in [0.29, 0.717) is 5.56 Å². The van der Waals surface area contributed by atoms with Gasteiger partial charge in [0, 0.05) is 11.0 Å². The van der Waals surface area contributed by atoms with Crippen molar-refractivity contribution in [3.05, 3.63) is 28.0 Å². The molecule has 2 aromatic rings. The molecule has 0 spiro atoms. The fourth-order valence-corrected chi connectivity index (χ4v) is 3.83. The number of hydrogen-bond acceptors (Lipinski definition) is 3. The van der Waals surface area contributed by atoms with Crippen LogP contribution in [-0.2, 0) is 11.3 Å². The molecule has 100 valence electrons. The van der Waals surface area contributed by atoms with Crippen LogP contribution in [0.3, 0.4) is 0 Å². The predicted octanol–water partition coefficient (Wildman–Crippen LogP) is 3.82. The number of hydrogen-bond donors (Lipinski definition) is 0. The van der Waals surface area contributed by atoms with Crippen LogP contribution in [0.2, 0.25) is 0 Å². The Balaban J connectivity index is 2.24. The fourth-order valence-electron chi connectivity index (χ4n) is 2.49. The van der Waals surface area contributed by atoms with Gasteiger partial charge in [-0.2, -0.15) is 0 Å². The monoisotopic (exact) mass is 386 g/mol. The molecule has 1 aromatic heterocycles. The summed E-state index contributed by atoms with van der Waals surface area (Å²) < 4.78 is 7.85. The number of carbonyl (C=O) groups is 1. The summed E-state index contributed by atoms with van der Waals surface area (Å²) in [5.41, 5.74) is 2.39. The van der Waals surface area contributed by atoms with Crippen molar-refractivity contribution in [1.82, 2.24) is 9.55 Å². The number of benzene rings is 1. The fraction of sp³-hybridized carbons (Fsp3) is 0.385. The number of esters is 1. The highest BCUT2D eigenvalue weighted by Crippen LogP contribution is 2.37. The summed E-state index contributed by atoms with van der Waals surface area (Å²) in [5.74, 6) is 0.688. The van der Waals surface area contributed by atoms with Crippen LogP contribution in [0.4, 0.5) is 0 Å². The SMILES string of the molecule is COC(=O)c1cc(Br)c2c(c1)nc1n2CCCC1Br. The normalized spacial score (nSPS) is 18.4. The molecule has 1 unspecified atom stereocenters. The van der Waals surface area contributed by atoms with Crippen molar-refractivity contribution in [2.45, 2.75) is 24.2 Å². The molecule has 0 aliphatic carbocycles. The van der Waals surface area contributed by atoms with E-state index in [1.165, 1.54) is 7.11 Å². The number of imidazole rings is 1. The lowest BCUT2D eigenvalue weighted by Gasteiger charge is -2.19. The van der Waals surface area contributed by atoms with Gasteiger partial charge in [-0.3, -0.25) is 0 Å². The number of carbonyl (C=O) groups excluding carboxylic acids is 1. The summed E-state index contributed by atoms with van der Waals surface area (Å²) in [6.07, 6.45) is 2.21. The Hall–Kier alpha value is -0.880. The molecule has 1 aliphatic rings. The zero-order valence-electron chi connectivity index (χ0n) is 10.3. The van der Waals surface area contributed by atoms with Crippen LogP contribution in [-0.4, -0.2) is 22.6 Å². The van der Waals surface area contributed by atoms with E-state index in [-0.39, 0.29) is 10.8 Å². The van der Waals surface area contributed by atoms with Gasteiger partial charge in [0.25, 0.3) is 0 Å². The molecule has 0 saturated carbocycles. The molecule has 0 radical (unpaired) electrons. The Morgan fingerprint density at radius 1 is 1.53 bits per heavy atom. The average Bonchev–Trinajstić information content (AvgIpc) is 2.78. The molecular weight excluding hydrogens is 376 g/mol. The molecule has 1 atom stereocenters. The molecule has 0 amide bonds. The topological polar surface area (TPSA) is 44.1 Å². The molecule has 0 fully saturated rings. The van der Waals surface area contributed by atoms with Crippen molar-refractivity contribution in [2.75, 3.05) is 7.11 Å². The van der Waals surface area contributed by atoms with Crippen LogP contribution in [0.5, 0.6) is 0 Å². The molecule has 0 saturated heterocycles. The maximum Gasteiger partial charge on any atom is 0.337 e. The summed E-state index contributed by atoms with van der Waals surface area (Å²) in [5, 5.41) is 0. The minimum Gasteiger partial charge on any atom is -0.465 e. The predicted molar refractivity (Wildman–Crippen MR) is 79.7 cm³/mol. The first-order valence-electron chi connectivity index (χ1n) is 6.04. The molecule has 3 rings (SSSR count). The van der Waals surface area contributed by atoms with Gasteiger partial charge >= 0.3 is 5.97 Å². The number of rotatable bonds is 1. The number of nitrogens with zero attached hydrogens (tertiary/aromatic N) is 2. The number of alkyl halides is 1. The Labute approximate surface area is 127 Å². The lowest BCUT2D eigenvalue weighted by atomic mass is 10.1. The van der Waals surface area contributed by atoms with Gasteiger partial charge in [0.05, 0.1) is 28.5 Å². The Kier molecular flexibility index (Phi) is 3.39. The maximum atomic E-state index is 11.6. The van der Waals surface area contributed by atoms with Gasteiger partial charge in [-0.25, -0.2) is 9.78 Å². The van der Waals surface area contributed by atoms with Crippen LogP contribution < -0.4 is 0 Å². The molecule has 19 heavy (non-hydrogen) atoms. The van der Waals surface area contributed by atoms with Crippen LogP contribution in [0.25, 0.3) is 11.0 Å². The summed E-state index contributed by atoms with van der Waals surface area (Å²) in [6.45, 7) is 0.962. The van der Waals surface area contributed by atoms with E-state index in [2.05, 4.69) is 41.4 Å². The first kappa shape index (κ1) is 13.1. The van der Waals surface area contributed by atoms with E-state index in [1.54, 1.807) is 12.1 Å². The largest absolute Gasteiger partial charge is 0.465 e. The van der Waals surface area contributed by atoms with E-state index in [4.69, 9.17) is 4.74 Å². The van der Waals surface area contributed by atoms with Crippen molar-refractivity contribution >= 4 is 48.9 Å². The van der Waals surface area contributed by atoms with Gasteiger partial charge in [-0.05, 0) is 40.9 Å². The average molecular weight is 388 g/mol. The number of halogens is 2. The molecule has 2 heterocycles. The van der Waals surface area contributed by atoms with E-state index in [9.17, 15) is 4.79 Å². The van der Waals surface area contributed by atoms with Gasteiger partial charge in [0.15, 0.2) is 0 Å². The number of aryl methyl sites for hydroxylation is 1. The van der Waals surface area contributed by atoms with Crippen LogP contribution in [0.15, 0.2) is 16.6 Å². The highest BCUT2D eigenvalue weighted by Gasteiger charge is 2.24. The molecule has 0 bridgehead atoms. The van der Waals surface area contributed by atoms with Gasteiger partial charge in [-0.15, -0.1) is 0 Å². The third-order valence-electron chi connectivity index (χ3n) is 3.37.